The van der Waals surface area contributed by atoms with Crippen molar-refractivity contribution < 1.29 is 31.5 Å². The standard InChI is InChI=1S/C23H21F2N3O5S/c1-26-23(30)21(15-9-12-17(24)18(25)13-15)27-22(29)14-7-10-16(11-8-14)34(31,32)28-19-5-3-4-6-20(19)33-2/h3-13,21,28H,1-2H3,(H,26,30)(H,27,29). The normalized spacial score (nSPS) is 11.9. The summed E-state index contributed by atoms with van der Waals surface area (Å²) in [5.74, 6) is -3.30. The number of likely N-dealkylation sites (N-methyl/N-ethyl adjacent to an activating group) is 1. The fourth-order valence-electron chi connectivity index (χ4n) is 3.07. The van der Waals surface area contributed by atoms with Gasteiger partial charge in [0.25, 0.3) is 15.9 Å². The number of carbonyl (C=O) groups excluding carboxylic acids is 2. The topological polar surface area (TPSA) is 114 Å². The first-order chi connectivity index (χ1) is 16.2. The minimum Gasteiger partial charge on any atom is -0.495 e. The zero-order chi connectivity index (χ0) is 24.9. The van der Waals surface area contributed by atoms with Gasteiger partial charge >= 0.3 is 0 Å². The number of sulfonamides is 1. The van der Waals surface area contributed by atoms with Crippen LogP contribution in [0, 0.1) is 11.6 Å². The zero-order valence-electron chi connectivity index (χ0n) is 18.1. The van der Waals surface area contributed by atoms with Crippen LogP contribution in [-0.4, -0.2) is 34.4 Å². The van der Waals surface area contributed by atoms with Gasteiger partial charge in [0, 0.05) is 12.6 Å². The molecule has 0 heterocycles. The Morgan fingerprint density at radius 3 is 2.24 bits per heavy atom. The van der Waals surface area contributed by atoms with Crippen LogP contribution in [0.5, 0.6) is 5.75 Å². The molecule has 1 unspecified atom stereocenters. The minimum absolute atomic E-state index is 0.0341. The largest absolute Gasteiger partial charge is 0.495 e. The second kappa shape index (κ2) is 10.3. The van der Waals surface area contributed by atoms with Crippen LogP contribution in [0.3, 0.4) is 0 Å². The molecule has 0 aliphatic rings. The van der Waals surface area contributed by atoms with E-state index in [1.807, 2.05) is 0 Å². The number of methoxy groups -OCH3 is 1. The Morgan fingerprint density at radius 1 is 0.941 bits per heavy atom. The van der Waals surface area contributed by atoms with Gasteiger partial charge in [0.15, 0.2) is 11.6 Å². The smallest absolute Gasteiger partial charge is 0.262 e. The van der Waals surface area contributed by atoms with E-state index in [9.17, 15) is 26.8 Å². The maximum atomic E-state index is 13.6. The number of halogens is 2. The molecule has 3 rings (SSSR count). The summed E-state index contributed by atoms with van der Waals surface area (Å²) in [4.78, 5) is 24.8. The van der Waals surface area contributed by atoms with Gasteiger partial charge in [-0.05, 0) is 54.1 Å². The molecule has 0 radical (unpaired) electrons. The number of rotatable bonds is 8. The number of amides is 2. The van der Waals surface area contributed by atoms with Crippen molar-refractivity contribution in [1.82, 2.24) is 10.6 Å². The van der Waals surface area contributed by atoms with Gasteiger partial charge in [-0.25, -0.2) is 17.2 Å². The third kappa shape index (κ3) is 5.49. The lowest BCUT2D eigenvalue weighted by molar-refractivity contribution is -0.122. The van der Waals surface area contributed by atoms with Gasteiger partial charge in [0.1, 0.15) is 11.8 Å². The van der Waals surface area contributed by atoms with E-state index in [-0.39, 0.29) is 21.7 Å². The molecule has 178 valence electrons. The van der Waals surface area contributed by atoms with Crippen molar-refractivity contribution >= 4 is 27.5 Å². The Balaban J connectivity index is 1.80. The number of nitrogens with one attached hydrogen (secondary N) is 3. The van der Waals surface area contributed by atoms with Crippen LogP contribution in [0.25, 0.3) is 0 Å². The molecule has 0 fully saturated rings. The van der Waals surface area contributed by atoms with Crippen molar-refractivity contribution in [2.45, 2.75) is 10.9 Å². The van der Waals surface area contributed by atoms with Crippen molar-refractivity contribution in [1.29, 1.82) is 0 Å². The third-order valence-corrected chi connectivity index (χ3v) is 6.22. The summed E-state index contributed by atoms with van der Waals surface area (Å²) in [7, 11) is -1.24. The highest BCUT2D eigenvalue weighted by molar-refractivity contribution is 7.92. The molecule has 0 aliphatic carbocycles. The molecule has 0 aliphatic heterocycles. The predicted octanol–water partition coefficient (Wildman–Crippen LogP) is 2.99. The van der Waals surface area contributed by atoms with Gasteiger partial charge in [-0.3, -0.25) is 14.3 Å². The molecule has 0 saturated carbocycles. The number of hydrogen-bond donors (Lipinski definition) is 3. The van der Waals surface area contributed by atoms with Crippen LogP contribution < -0.4 is 20.1 Å². The summed E-state index contributed by atoms with van der Waals surface area (Å²) < 4.78 is 59.9. The van der Waals surface area contributed by atoms with Crippen molar-refractivity contribution in [2.75, 3.05) is 18.9 Å². The van der Waals surface area contributed by atoms with Crippen LogP contribution in [0.4, 0.5) is 14.5 Å². The Kier molecular flexibility index (Phi) is 7.47. The molecule has 11 heteroatoms. The Morgan fingerprint density at radius 2 is 1.62 bits per heavy atom. The highest BCUT2D eigenvalue weighted by Crippen LogP contribution is 2.26. The monoisotopic (exact) mass is 489 g/mol. The van der Waals surface area contributed by atoms with Crippen molar-refractivity contribution in [3.8, 4) is 5.75 Å². The quantitative estimate of drug-likeness (QED) is 0.450. The van der Waals surface area contributed by atoms with Crippen LogP contribution in [-0.2, 0) is 14.8 Å². The van der Waals surface area contributed by atoms with E-state index in [1.165, 1.54) is 50.6 Å². The Hall–Kier alpha value is -3.99. The summed E-state index contributed by atoms with van der Waals surface area (Å²) in [6, 6.07) is 13.0. The summed E-state index contributed by atoms with van der Waals surface area (Å²) in [6.45, 7) is 0. The first-order valence-corrected chi connectivity index (χ1v) is 11.4. The second-order valence-corrected chi connectivity index (χ2v) is 8.71. The third-order valence-electron chi connectivity index (χ3n) is 4.84. The van der Waals surface area contributed by atoms with Crippen molar-refractivity contribution in [3.05, 3.63) is 89.5 Å². The van der Waals surface area contributed by atoms with E-state index in [2.05, 4.69) is 15.4 Å². The van der Waals surface area contributed by atoms with Crippen molar-refractivity contribution in [3.63, 3.8) is 0 Å². The Bertz CT molecular complexity index is 1310. The highest BCUT2D eigenvalue weighted by atomic mass is 32.2. The number of anilines is 1. The van der Waals surface area contributed by atoms with E-state index in [0.29, 0.717) is 5.75 Å². The molecule has 34 heavy (non-hydrogen) atoms. The average molecular weight is 490 g/mol. The molecule has 2 amide bonds. The molecule has 0 spiro atoms. The van der Waals surface area contributed by atoms with Gasteiger partial charge in [-0.2, -0.15) is 0 Å². The summed E-state index contributed by atoms with van der Waals surface area (Å²) in [5, 5.41) is 4.79. The minimum atomic E-state index is -3.98. The molecule has 1 atom stereocenters. The van der Waals surface area contributed by atoms with E-state index in [4.69, 9.17) is 4.74 Å². The lowest BCUT2D eigenvalue weighted by Gasteiger charge is -2.18. The second-order valence-electron chi connectivity index (χ2n) is 7.02. The van der Waals surface area contributed by atoms with Gasteiger partial charge in [0.05, 0.1) is 17.7 Å². The number of carbonyl (C=O) groups is 2. The molecule has 3 aromatic rings. The fraction of sp³-hybridized carbons (Fsp3) is 0.130. The molecule has 8 nitrogen and oxygen atoms in total. The maximum absolute atomic E-state index is 13.6. The number of ether oxygens (including phenoxy) is 1. The molecule has 0 aromatic heterocycles. The molecule has 0 bridgehead atoms. The van der Waals surface area contributed by atoms with Gasteiger partial charge in [-0.15, -0.1) is 0 Å². The molecule has 3 aromatic carbocycles. The summed E-state index contributed by atoms with van der Waals surface area (Å²) in [5.41, 5.74) is 0.325. The van der Waals surface area contributed by atoms with Crippen molar-refractivity contribution in [2.24, 2.45) is 0 Å². The molecular weight excluding hydrogens is 468 g/mol. The van der Waals surface area contributed by atoms with Gasteiger partial charge in [-0.1, -0.05) is 18.2 Å². The number of benzene rings is 3. The lowest BCUT2D eigenvalue weighted by atomic mass is 10.0. The number of hydrogen-bond acceptors (Lipinski definition) is 5. The highest BCUT2D eigenvalue weighted by Gasteiger charge is 2.24. The van der Waals surface area contributed by atoms with Crippen LogP contribution in [0.2, 0.25) is 0 Å². The first-order valence-electron chi connectivity index (χ1n) is 9.89. The molecular formula is C23H21F2N3O5S. The molecule has 3 N–H and O–H groups in total. The van der Waals surface area contributed by atoms with E-state index >= 15 is 0 Å². The van der Waals surface area contributed by atoms with Gasteiger partial charge in [0.2, 0.25) is 5.91 Å². The first kappa shape index (κ1) is 24.6. The van der Waals surface area contributed by atoms with Crippen LogP contribution in [0.15, 0.2) is 71.6 Å². The summed E-state index contributed by atoms with van der Waals surface area (Å²) in [6.07, 6.45) is 0. The van der Waals surface area contributed by atoms with Gasteiger partial charge < -0.3 is 15.4 Å². The van der Waals surface area contributed by atoms with Crippen LogP contribution in [0.1, 0.15) is 22.0 Å². The number of para-hydroxylation sites is 2. The predicted molar refractivity (Wildman–Crippen MR) is 121 cm³/mol. The Labute approximate surface area is 195 Å². The van der Waals surface area contributed by atoms with E-state index < -0.39 is 39.5 Å². The van der Waals surface area contributed by atoms with E-state index in [0.717, 1.165) is 12.1 Å². The van der Waals surface area contributed by atoms with E-state index in [1.54, 1.807) is 18.2 Å². The zero-order valence-corrected chi connectivity index (χ0v) is 19.0. The lowest BCUT2D eigenvalue weighted by Crippen LogP contribution is -2.39. The summed E-state index contributed by atoms with van der Waals surface area (Å²) >= 11 is 0. The average Bonchev–Trinajstić information content (AvgIpc) is 2.84. The molecule has 0 saturated heterocycles. The SMILES string of the molecule is CNC(=O)C(NC(=O)c1ccc(S(=O)(=O)Nc2ccccc2OC)cc1)c1ccc(F)c(F)c1. The maximum Gasteiger partial charge on any atom is 0.262 e. The fourth-order valence-corrected chi connectivity index (χ4v) is 4.14. The van der Waals surface area contributed by atoms with Crippen LogP contribution >= 0.6 is 0 Å².